The molecule has 0 amide bonds. The molecule has 0 aliphatic heterocycles. The second-order valence-electron chi connectivity index (χ2n) is 5.42. The van der Waals surface area contributed by atoms with Crippen LogP contribution in [0.3, 0.4) is 0 Å². The summed E-state index contributed by atoms with van der Waals surface area (Å²) in [6.07, 6.45) is 2.57. The van der Waals surface area contributed by atoms with Crippen molar-refractivity contribution in [1.29, 1.82) is 0 Å². The minimum atomic E-state index is -0.152. The number of halogens is 1. The van der Waals surface area contributed by atoms with E-state index < -0.39 is 0 Å². The molecular formula is C17H20FNOS. The molecule has 0 bridgehead atoms. The van der Waals surface area contributed by atoms with Gasteiger partial charge in [0.2, 0.25) is 0 Å². The quantitative estimate of drug-likeness (QED) is 0.863. The van der Waals surface area contributed by atoms with Crippen LogP contribution in [0.5, 0.6) is 0 Å². The first-order chi connectivity index (χ1) is 10.3. The fourth-order valence-corrected chi connectivity index (χ4v) is 3.41. The van der Waals surface area contributed by atoms with E-state index in [0.29, 0.717) is 17.7 Å². The van der Waals surface area contributed by atoms with Crippen LogP contribution in [0, 0.1) is 5.82 Å². The summed E-state index contributed by atoms with van der Waals surface area (Å²) in [6.45, 7) is 3.60. The van der Waals surface area contributed by atoms with Crippen LogP contribution in [0.1, 0.15) is 25.3 Å². The topological polar surface area (TPSA) is 21.3 Å². The van der Waals surface area contributed by atoms with Crippen molar-refractivity contribution < 1.29 is 9.13 Å². The molecule has 2 nitrogen and oxygen atoms in total. The van der Waals surface area contributed by atoms with E-state index in [2.05, 4.69) is 5.32 Å². The van der Waals surface area contributed by atoms with Crippen LogP contribution in [-0.4, -0.2) is 18.8 Å². The molecular weight excluding hydrogens is 285 g/mol. The first-order valence-corrected chi connectivity index (χ1v) is 8.31. The number of rotatable bonds is 6. The summed E-state index contributed by atoms with van der Waals surface area (Å²) >= 11 is 1.57. The number of hydrogen-bond donors (Lipinski definition) is 1. The van der Waals surface area contributed by atoms with Crippen LogP contribution < -0.4 is 5.32 Å². The van der Waals surface area contributed by atoms with E-state index in [4.69, 9.17) is 4.74 Å². The van der Waals surface area contributed by atoms with Gasteiger partial charge in [-0.2, -0.15) is 0 Å². The zero-order valence-corrected chi connectivity index (χ0v) is 13.0. The van der Waals surface area contributed by atoms with E-state index in [9.17, 15) is 4.39 Å². The monoisotopic (exact) mass is 305 g/mol. The second kappa shape index (κ2) is 6.69. The van der Waals surface area contributed by atoms with Crippen molar-refractivity contribution in [3.8, 4) is 10.4 Å². The highest BCUT2D eigenvalue weighted by Gasteiger charge is 2.28. The lowest BCUT2D eigenvalue weighted by Gasteiger charge is -2.35. The molecule has 1 aromatic carbocycles. The van der Waals surface area contributed by atoms with Gasteiger partial charge in [0.25, 0.3) is 0 Å². The third kappa shape index (κ3) is 3.51. The highest BCUT2D eigenvalue weighted by molar-refractivity contribution is 7.13. The van der Waals surface area contributed by atoms with Crippen molar-refractivity contribution in [2.45, 2.75) is 38.5 Å². The van der Waals surface area contributed by atoms with E-state index in [0.717, 1.165) is 36.4 Å². The first-order valence-electron chi connectivity index (χ1n) is 7.43. The maximum absolute atomic E-state index is 13.9. The predicted molar refractivity (Wildman–Crippen MR) is 85.0 cm³/mol. The number of hydrogen-bond acceptors (Lipinski definition) is 3. The van der Waals surface area contributed by atoms with Gasteiger partial charge in [0.1, 0.15) is 5.82 Å². The Hall–Kier alpha value is -1.23. The van der Waals surface area contributed by atoms with Crippen LogP contribution in [0.2, 0.25) is 0 Å². The molecule has 0 spiro atoms. The van der Waals surface area contributed by atoms with Crippen molar-refractivity contribution in [2.24, 2.45) is 0 Å². The van der Waals surface area contributed by atoms with Crippen LogP contribution in [-0.2, 0) is 11.3 Å². The molecule has 3 rings (SSSR count). The molecule has 1 saturated carbocycles. The zero-order valence-electron chi connectivity index (χ0n) is 12.1. The molecule has 4 heteroatoms. The van der Waals surface area contributed by atoms with Crippen molar-refractivity contribution in [1.82, 2.24) is 5.32 Å². The molecule has 1 N–H and O–H groups in total. The van der Waals surface area contributed by atoms with E-state index in [1.165, 1.54) is 0 Å². The first kappa shape index (κ1) is 14.7. The molecule has 1 heterocycles. The smallest absolute Gasteiger partial charge is 0.131 e. The second-order valence-corrected chi connectivity index (χ2v) is 6.37. The van der Waals surface area contributed by atoms with E-state index in [1.807, 2.05) is 36.6 Å². The summed E-state index contributed by atoms with van der Waals surface area (Å²) in [5.74, 6) is -0.152. The van der Waals surface area contributed by atoms with Crippen molar-refractivity contribution in [3.05, 3.63) is 47.1 Å². The van der Waals surface area contributed by atoms with Crippen LogP contribution in [0.25, 0.3) is 10.4 Å². The van der Waals surface area contributed by atoms with Gasteiger partial charge in [0, 0.05) is 29.6 Å². The highest BCUT2D eigenvalue weighted by Crippen LogP contribution is 2.28. The standard InChI is InChI=1S/C17H20FNOS/c1-2-20-14-9-13(10-14)19-11-12-5-6-16(18)15(8-12)17-4-3-7-21-17/h3-8,13-14,19H,2,9-11H2,1H3. The van der Waals surface area contributed by atoms with Crippen LogP contribution in [0.15, 0.2) is 35.7 Å². The van der Waals surface area contributed by atoms with Gasteiger partial charge in [0.15, 0.2) is 0 Å². The number of ether oxygens (including phenoxy) is 1. The lowest BCUT2D eigenvalue weighted by molar-refractivity contribution is -0.0102. The summed E-state index contributed by atoms with van der Waals surface area (Å²) in [5, 5.41) is 5.49. The Labute approximate surface area is 129 Å². The van der Waals surface area contributed by atoms with Crippen molar-refractivity contribution in [2.75, 3.05) is 6.61 Å². The molecule has 112 valence electrons. The minimum Gasteiger partial charge on any atom is -0.378 e. The normalized spacial score (nSPS) is 21.2. The lowest BCUT2D eigenvalue weighted by Crippen LogP contribution is -2.45. The Kier molecular flexibility index (Phi) is 4.68. The molecule has 0 radical (unpaired) electrons. The number of thiophene rings is 1. The fraction of sp³-hybridized carbons (Fsp3) is 0.412. The summed E-state index contributed by atoms with van der Waals surface area (Å²) in [5.41, 5.74) is 1.82. The molecule has 0 unspecified atom stereocenters. The summed E-state index contributed by atoms with van der Waals surface area (Å²) in [7, 11) is 0. The predicted octanol–water partition coefficient (Wildman–Crippen LogP) is 4.21. The molecule has 2 aromatic rings. The van der Waals surface area contributed by atoms with Gasteiger partial charge in [-0.25, -0.2) is 4.39 Å². The van der Waals surface area contributed by atoms with Gasteiger partial charge in [-0.3, -0.25) is 0 Å². The lowest BCUT2D eigenvalue weighted by atomic mass is 9.89. The van der Waals surface area contributed by atoms with Gasteiger partial charge in [0.05, 0.1) is 6.10 Å². The molecule has 0 saturated heterocycles. The van der Waals surface area contributed by atoms with Gasteiger partial charge in [-0.15, -0.1) is 11.3 Å². The maximum Gasteiger partial charge on any atom is 0.131 e. The van der Waals surface area contributed by atoms with Gasteiger partial charge < -0.3 is 10.1 Å². The average molecular weight is 305 g/mol. The van der Waals surface area contributed by atoms with Crippen LogP contribution in [0.4, 0.5) is 4.39 Å². The Morgan fingerprint density at radius 3 is 2.90 bits per heavy atom. The molecule has 1 aromatic heterocycles. The molecule has 1 aliphatic rings. The molecule has 1 aliphatic carbocycles. The van der Waals surface area contributed by atoms with Gasteiger partial charge in [-0.1, -0.05) is 12.1 Å². The van der Waals surface area contributed by atoms with Gasteiger partial charge in [-0.05, 0) is 48.9 Å². The van der Waals surface area contributed by atoms with Crippen LogP contribution >= 0.6 is 11.3 Å². The third-order valence-corrected chi connectivity index (χ3v) is 4.81. The van der Waals surface area contributed by atoms with E-state index in [-0.39, 0.29) is 5.82 Å². The maximum atomic E-state index is 13.9. The Balaban J connectivity index is 1.58. The molecule has 0 atom stereocenters. The number of nitrogens with one attached hydrogen (secondary N) is 1. The molecule has 21 heavy (non-hydrogen) atoms. The highest BCUT2D eigenvalue weighted by atomic mass is 32.1. The van der Waals surface area contributed by atoms with Crippen molar-refractivity contribution in [3.63, 3.8) is 0 Å². The van der Waals surface area contributed by atoms with Crippen molar-refractivity contribution >= 4 is 11.3 Å². The minimum absolute atomic E-state index is 0.152. The van der Waals surface area contributed by atoms with E-state index >= 15 is 0 Å². The fourth-order valence-electron chi connectivity index (χ4n) is 2.67. The summed E-state index contributed by atoms with van der Waals surface area (Å²) in [4.78, 5) is 0.981. The third-order valence-electron chi connectivity index (χ3n) is 3.91. The van der Waals surface area contributed by atoms with Gasteiger partial charge >= 0.3 is 0 Å². The Morgan fingerprint density at radius 1 is 1.33 bits per heavy atom. The summed E-state index contributed by atoms with van der Waals surface area (Å²) < 4.78 is 19.5. The average Bonchev–Trinajstić information content (AvgIpc) is 2.96. The van der Waals surface area contributed by atoms with E-state index in [1.54, 1.807) is 17.4 Å². The Morgan fingerprint density at radius 2 is 2.19 bits per heavy atom. The zero-order chi connectivity index (χ0) is 14.7. The SMILES string of the molecule is CCOC1CC(NCc2ccc(F)c(-c3cccs3)c2)C1. The largest absolute Gasteiger partial charge is 0.378 e. The molecule has 1 fully saturated rings. The Bertz CT molecular complexity index is 578. The number of benzene rings is 1. The summed E-state index contributed by atoms with van der Waals surface area (Å²) in [6, 6.07) is 9.81.